The molecule has 0 aliphatic carbocycles. The molecule has 0 radical (unpaired) electrons. The minimum absolute atomic E-state index is 0.125. The number of piperidine rings is 1. The minimum atomic E-state index is 0.125. The third-order valence-electron chi connectivity index (χ3n) is 6.43. The summed E-state index contributed by atoms with van der Waals surface area (Å²) in [5.41, 5.74) is 4.21. The smallest absolute Gasteiger partial charge is 0.227 e. The molecule has 0 bridgehead atoms. The zero-order valence-electron chi connectivity index (χ0n) is 17.6. The number of likely N-dealkylation sites (tertiary alicyclic amines) is 1. The van der Waals surface area contributed by atoms with E-state index in [2.05, 4.69) is 41.8 Å². The Balaban J connectivity index is 1.32. The fraction of sp³-hybridized carbons (Fsp3) is 0.385. The first kappa shape index (κ1) is 20.5. The van der Waals surface area contributed by atoms with Crippen LogP contribution in [0, 0.1) is 0 Å². The van der Waals surface area contributed by atoms with Crippen molar-refractivity contribution in [3.8, 4) is 0 Å². The van der Waals surface area contributed by atoms with Crippen LogP contribution in [0.4, 0.5) is 5.69 Å². The van der Waals surface area contributed by atoms with Crippen molar-refractivity contribution < 1.29 is 9.59 Å². The van der Waals surface area contributed by atoms with E-state index in [0.717, 1.165) is 49.3 Å². The predicted molar refractivity (Wildman–Crippen MR) is 121 cm³/mol. The maximum Gasteiger partial charge on any atom is 0.227 e. The topological polar surface area (TPSA) is 40.6 Å². The van der Waals surface area contributed by atoms with Crippen molar-refractivity contribution in [2.75, 3.05) is 31.1 Å². The Hall–Kier alpha value is -2.72. The van der Waals surface area contributed by atoms with E-state index in [0.29, 0.717) is 31.7 Å². The van der Waals surface area contributed by atoms with Crippen molar-refractivity contribution in [1.82, 2.24) is 4.90 Å². The number of benzene rings is 2. The Morgan fingerprint density at radius 1 is 1.07 bits per heavy atom. The number of rotatable bonds is 7. The van der Waals surface area contributed by atoms with Crippen LogP contribution in [0.3, 0.4) is 0 Å². The Bertz CT molecular complexity index is 914. The second-order valence-corrected chi connectivity index (χ2v) is 8.34. The van der Waals surface area contributed by atoms with Crippen LogP contribution < -0.4 is 4.90 Å². The average molecular weight is 403 g/mol. The van der Waals surface area contributed by atoms with Crippen molar-refractivity contribution in [3.05, 3.63) is 77.9 Å². The van der Waals surface area contributed by atoms with Gasteiger partial charge in [-0.2, -0.15) is 0 Å². The molecule has 0 saturated carbocycles. The molecule has 0 aromatic heterocycles. The fourth-order valence-electron chi connectivity index (χ4n) is 4.68. The summed E-state index contributed by atoms with van der Waals surface area (Å²) < 4.78 is 0. The lowest BCUT2D eigenvalue weighted by molar-refractivity contribution is -0.118. The van der Waals surface area contributed by atoms with E-state index in [1.807, 2.05) is 18.2 Å². The van der Waals surface area contributed by atoms with Crippen molar-refractivity contribution in [3.63, 3.8) is 0 Å². The summed E-state index contributed by atoms with van der Waals surface area (Å²) in [6.45, 7) is 7.18. The molecule has 0 N–H and O–H groups in total. The van der Waals surface area contributed by atoms with Crippen molar-refractivity contribution in [2.24, 2.45) is 0 Å². The molecule has 2 aromatic carbocycles. The molecule has 2 aliphatic rings. The number of carbonyl (C=O) groups is 2. The standard InChI is InChI=1S/C26H30N2O2/c1-2-15-28-24-10-8-23(19-22(24)9-11-26(28)30)25(29)14-18-27-16-12-21(13-17-27)20-6-4-3-5-7-20/h2-8,10,19,21H,1,9,11-18H2. The van der Waals surface area contributed by atoms with Gasteiger partial charge in [0.1, 0.15) is 0 Å². The molecular formula is C26H30N2O2. The van der Waals surface area contributed by atoms with Crippen LogP contribution >= 0.6 is 0 Å². The Kier molecular flexibility index (Phi) is 6.44. The molecule has 1 amide bonds. The van der Waals surface area contributed by atoms with Crippen LogP contribution in [0.2, 0.25) is 0 Å². The van der Waals surface area contributed by atoms with Crippen LogP contribution in [-0.4, -0.2) is 42.8 Å². The maximum atomic E-state index is 12.8. The molecule has 1 saturated heterocycles. The van der Waals surface area contributed by atoms with E-state index >= 15 is 0 Å². The third kappa shape index (κ3) is 4.54. The Morgan fingerprint density at radius 2 is 1.83 bits per heavy atom. The quantitative estimate of drug-likeness (QED) is 0.502. The van der Waals surface area contributed by atoms with Crippen molar-refractivity contribution >= 4 is 17.4 Å². The molecule has 0 spiro atoms. The first-order chi connectivity index (χ1) is 14.7. The summed E-state index contributed by atoms with van der Waals surface area (Å²) in [4.78, 5) is 29.1. The number of hydrogen-bond donors (Lipinski definition) is 0. The lowest BCUT2D eigenvalue weighted by atomic mass is 9.89. The van der Waals surface area contributed by atoms with Gasteiger partial charge >= 0.3 is 0 Å². The summed E-state index contributed by atoms with van der Waals surface area (Å²) in [5.74, 6) is 0.954. The molecular weight excluding hydrogens is 372 g/mol. The average Bonchev–Trinajstić information content (AvgIpc) is 2.80. The van der Waals surface area contributed by atoms with Gasteiger partial charge in [-0.05, 0) is 67.6 Å². The van der Waals surface area contributed by atoms with Gasteiger partial charge in [-0.1, -0.05) is 36.4 Å². The molecule has 4 heteroatoms. The summed E-state index contributed by atoms with van der Waals surface area (Å²) in [7, 11) is 0. The van der Waals surface area contributed by atoms with E-state index in [9.17, 15) is 9.59 Å². The number of anilines is 1. The van der Waals surface area contributed by atoms with Crippen molar-refractivity contribution in [1.29, 1.82) is 0 Å². The number of Topliss-reactive ketones (excluding diaryl/α,β-unsaturated/α-hetero) is 1. The van der Waals surface area contributed by atoms with Crippen LogP contribution in [0.5, 0.6) is 0 Å². The Labute approximate surface area is 179 Å². The highest BCUT2D eigenvalue weighted by atomic mass is 16.2. The normalized spacial score (nSPS) is 17.6. The van der Waals surface area contributed by atoms with Gasteiger partial charge in [0, 0.05) is 37.2 Å². The van der Waals surface area contributed by atoms with E-state index in [1.54, 1.807) is 11.0 Å². The van der Waals surface area contributed by atoms with Gasteiger partial charge in [0.2, 0.25) is 5.91 Å². The van der Waals surface area contributed by atoms with Gasteiger partial charge < -0.3 is 9.80 Å². The van der Waals surface area contributed by atoms with Gasteiger partial charge in [0.05, 0.1) is 0 Å². The van der Waals surface area contributed by atoms with E-state index in [-0.39, 0.29) is 11.7 Å². The monoisotopic (exact) mass is 402 g/mol. The molecule has 156 valence electrons. The second-order valence-electron chi connectivity index (χ2n) is 8.34. The van der Waals surface area contributed by atoms with Crippen molar-refractivity contribution in [2.45, 2.75) is 38.0 Å². The summed E-state index contributed by atoms with van der Waals surface area (Å²) in [6, 6.07) is 16.5. The highest BCUT2D eigenvalue weighted by Crippen LogP contribution is 2.30. The molecule has 1 fully saturated rings. The number of amides is 1. The summed E-state index contributed by atoms with van der Waals surface area (Å²) >= 11 is 0. The molecule has 2 aromatic rings. The third-order valence-corrected chi connectivity index (χ3v) is 6.43. The number of aryl methyl sites for hydroxylation is 1. The van der Waals surface area contributed by atoms with Crippen LogP contribution in [0.25, 0.3) is 0 Å². The molecule has 2 aliphatic heterocycles. The molecule has 0 atom stereocenters. The van der Waals surface area contributed by atoms with E-state index < -0.39 is 0 Å². The molecule has 0 unspecified atom stereocenters. The zero-order chi connectivity index (χ0) is 20.9. The van der Waals surface area contributed by atoms with Gasteiger partial charge in [-0.3, -0.25) is 9.59 Å². The lowest BCUT2D eigenvalue weighted by Crippen LogP contribution is -2.35. The molecule has 30 heavy (non-hydrogen) atoms. The van der Waals surface area contributed by atoms with E-state index in [1.165, 1.54) is 5.56 Å². The highest BCUT2D eigenvalue weighted by molar-refractivity contribution is 6.00. The highest BCUT2D eigenvalue weighted by Gasteiger charge is 2.25. The first-order valence-corrected chi connectivity index (χ1v) is 11.0. The Morgan fingerprint density at radius 3 is 2.57 bits per heavy atom. The number of fused-ring (bicyclic) bond motifs is 1. The largest absolute Gasteiger partial charge is 0.308 e. The maximum absolute atomic E-state index is 12.8. The summed E-state index contributed by atoms with van der Waals surface area (Å²) in [5, 5.41) is 0. The second kappa shape index (κ2) is 9.40. The first-order valence-electron chi connectivity index (χ1n) is 11.0. The minimum Gasteiger partial charge on any atom is -0.308 e. The number of hydrogen-bond acceptors (Lipinski definition) is 3. The van der Waals surface area contributed by atoms with Gasteiger partial charge in [0.25, 0.3) is 0 Å². The predicted octanol–water partition coefficient (Wildman–Crippen LogP) is 4.60. The lowest BCUT2D eigenvalue weighted by Gasteiger charge is -2.32. The number of carbonyl (C=O) groups excluding carboxylic acids is 2. The van der Waals surface area contributed by atoms with E-state index in [4.69, 9.17) is 0 Å². The van der Waals surface area contributed by atoms with Gasteiger partial charge in [0.15, 0.2) is 5.78 Å². The zero-order valence-corrected chi connectivity index (χ0v) is 17.6. The molecule has 2 heterocycles. The number of nitrogens with zero attached hydrogens (tertiary/aromatic N) is 2. The van der Waals surface area contributed by atoms with Gasteiger partial charge in [-0.25, -0.2) is 0 Å². The molecule has 4 rings (SSSR count). The van der Waals surface area contributed by atoms with Gasteiger partial charge in [-0.15, -0.1) is 6.58 Å². The van der Waals surface area contributed by atoms with Crippen LogP contribution in [0.1, 0.15) is 53.1 Å². The molecule has 4 nitrogen and oxygen atoms in total. The van der Waals surface area contributed by atoms with Crippen LogP contribution in [-0.2, 0) is 11.2 Å². The number of ketones is 1. The van der Waals surface area contributed by atoms with Crippen LogP contribution in [0.15, 0.2) is 61.2 Å². The summed E-state index contributed by atoms with van der Waals surface area (Å²) in [6.07, 6.45) is 5.80. The fourth-order valence-corrected chi connectivity index (χ4v) is 4.68. The SMILES string of the molecule is C=CCN1C(=O)CCc2cc(C(=O)CCN3CCC(c4ccccc4)CC3)ccc21.